The van der Waals surface area contributed by atoms with Crippen LogP contribution in [-0.4, -0.2) is 18.5 Å². The number of nitrogens with zero attached hydrogens (tertiary/aromatic N) is 1. The number of hydrogen-bond acceptors (Lipinski definition) is 1. The fourth-order valence-electron chi connectivity index (χ4n) is 1.60. The molecule has 0 atom stereocenters. The van der Waals surface area contributed by atoms with Gasteiger partial charge in [0.05, 0.1) is 0 Å². The molecule has 0 saturated heterocycles. The van der Waals surface area contributed by atoms with Crippen molar-refractivity contribution in [2.45, 2.75) is 6.54 Å². The number of rotatable bonds is 6. The van der Waals surface area contributed by atoms with Crippen LogP contribution in [0.25, 0.3) is 0 Å². The third-order valence-electron chi connectivity index (χ3n) is 2.34. The van der Waals surface area contributed by atoms with Crippen LogP contribution in [0.15, 0.2) is 67.3 Å². The van der Waals surface area contributed by atoms with Crippen molar-refractivity contribution < 1.29 is 0 Å². The van der Waals surface area contributed by atoms with Gasteiger partial charge in [-0.1, -0.05) is 61.7 Å². The Morgan fingerprint density at radius 1 is 1.25 bits per heavy atom. The molecule has 0 heterocycles. The molecule has 0 radical (unpaired) electrons. The summed E-state index contributed by atoms with van der Waals surface area (Å²) in [6.07, 6.45) is 5.67. The molecule has 0 aliphatic carbocycles. The summed E-state index contributed by atoms with van der Waals surface area (Å²) in [5.41, 5.74) is 2.51. The highest BCUT2D eigenvalue weighted by Crippen LogP contribution is 2.05. The second-order valence-electron chi connectivity index (χ2n) is 3.84. The van der Waals surface area contributed by atoms with Gasteiger partial charge in [0.2, 0.25) is 0 Å². The predicted octanol–water partition coefficient (Wildman–Crippen LogP) is 3.42. The molecular formula is C15H19N. The van der Waals surface area contributed by atoms with Crippen molar-refractivity contribution in [2.75, 3.05) is 13.6 Å². The van der Waals surface area contributed by atoms with Crippen LogP contribution in [0.3, 0.4) is 0 Å². The van der Waals surface area contributed by atoms with E-state index in [2.05, 4.69) is 49.4 Å². The second kappa shape index (κ2) is 6.81. The van der Waals surface area contributed by atoms with Crippen molar-refractivity contribution in [3.63, 3.8) is 0 Å². The molecule has 0 aliphatic rings. The molecule has 1 rings (SSSR count). The molecule has 16 heavy (non-hydrogen) atoms. The SMILES string of the molecule is C=C/C=C(\C=C)CN(C)Cc1ccccc1. The highest BCUT2D eigenvalue weighted by molar-refractivity contribution is 5.23. The van der Waals surface area contributed by atoms with Gasteiger partial charge in [-0.2, -0.15) is 0 Å². The Kier molecular flexibility index (Phi) is 5.30. The molecule has 1 nitrogen and oxygen atoms in total. The lowest BCUT2D eigenvalue weighted by atomic mass is 10.2. The van der Waals surface area contributed by atoms with Crippen LogP contribution >= 0.6 is 0 Å². The molecule has 0 fully saturated rings. The normalized spacial score (nSPS) is 11.5. The van der Waals surface area contributed by atoms with E-state index in [-0.39, 0.29) is 0 Å². The first-order valence-corrected chi connectivity index (χ1v) is 5.42. The third-order valence-corrected chi connectivity index (χ3v) is 2.34. The molecule has 1 aromatic rings. The van der Waals surface area contributed by atoms with Crippen molar-refractivity contribution in [1.29, 1.82) is 0 Å². The molecule has 0 aliphatic heterocycles. The standard InChI is InChI=1S/C15H19N/c1-4-9-14(5-2)12-16(3)13-15-10-7-6-8-11-15/h4-11H,1-2,12-13H2,3H3/b14-9+. The molecule has 0 amide bonds. The van der Waals surface area contributed by atoms with E-state index < -0.39 is 0 Å². The Morgan fingerprint density at radius 2 is 1.94 bits per heavy atom. The summed E-state index contributed by atoms with van der Waals surface area (Å²) >= 11 is 0. The molecule has 1 aromatic carbocycles. The average molecular weight is 213 g/mol. The first-order chi connectivity index (χ1) is 7.76. The molecule has 0 aromatic heterocycles. The van der Waals surface area contributed by atoms with Gasteiger partial charge in [-0.15, -0.1) is 0 Å². The summed E-state index contributed by atoms with van der Waals surface area (Å²) in [7, 11) is 2.10. The Balaban J connectivity index is 2.53. The molecule has 0 bridgehead atoms. The van der Waals surface area contributed by atoms with Gasteiger partial charge < -0.3 is 0 Å². The summed E-state index contributed by atoms with van der Waals surface area (Å²) in [5, 5.41) is 0. The second-order valence-corrected chi connectivity index (χ2v) is 3.84. The van der Waals surface area contributed by atoms with Gasteiger partial charge in [-0.25, -0.2) is 0 Å². The van der Waals surface area contributed by atoms with Crippen molar-refractivity contribution in [2.24, 2.45) is 0 Å². The maximum absolute atomic E-state index is 3.80. The minimum absolute atomic E-state index is 0.893. The minimum atomic E-state index is 0.893. The third kappa shape index (κ3) is 4.28. The number of benzene rings is 1. The van der Waals surface area contributed by atoms with E-state index in [1.165, 1.54) is 11.1 Å². The number of likely N-dealkylation sites (N-methyl/N-ethyl adjacent to an activating group) is 1. The van der Waals surface area contributed by atoms with E-state index in [1.807, 2.05) is 18.2 Å². The van der Waals surface area contributed by atoms with Crippen LogP contribution in [0.1, 0.15) is 5.56 Å². The lowest BCUT2D eigenvalue weighted by Gasteiger charge is -2.17. The molecule has 0 spiro atoms. The van der Waals surface area contributed by atoms with Gasteiger partial charge in [0.25, 0.3) is 0 Å². The Morgan fingerprint density at radius 3 is 2.50 bits per heavy atom. The van der Waals surface area contributed by atoms with E-state index in [1.54, 1.807) is 6.08 Å². The van der Waals surface area contributed by atoms with Crippen LogP contribution in [0.5, 0.6) is 0 Å². The topological polar surface area (TPSA) is 3.24 Å². The van der Waals surface area contributed by atoms with Crippen molar-refractivity contribution in [3.05, 3.63) is 72.9 Å². The van der Waals surface area contributed by atoms with Crippen LogP contribution in [0.4, 0.5) is 0 Å². The maximum atomic E-state index is 3.80. The van der Waals surface area contributed by atoms with Crippen LogP contribution in [0, 0.1) is 0 Å². The zero-order valence-corrected chi connectivity index (χ0v) is 9.89. The van der Waals surface area contributed by atoms with Crippen LogP contribution < -0.4 is 0 Å². The molecule has 0 unspecified atom stereocenters. The summed E-state index contributed by atoms with van der Waals surface area (Å²) in [6, 6.07) is 10.5. The lowest BCUT2D eigenvalue weighted by Crippen LogP contribution is -2.20. The summed E-state index contributed by atoms with van der Waals surface area (Å²) in [5.74, 6) is 0. The van der Waals surface area contributed by atoms with Crippen molar-refractivity contribution in [1.82, 2.24) is 4.90 Å². The summed E-state index contributed by atoms with van der Waals surface area (Å²) < 4.78 is 0. The van der Waals surface area contributed by atoms with Gasteiger partial charge >= 0.3 is 0 Å². The molecule has 1 heteroatoms. The summed E-state index contributed by atoms with van der Waals surface area (Å²) in [6.45, 7) is 9.33. The van der Waals surface area contributed by atoms with Crippen LogP contribution in [-0.2, 0) is 6.54 Å². The highest BCUT2D eigenvalue weighted by atomic mass is 15.1. The predicted molar refractivity (Wildman–Crippen MR) is 71.3 cm³/mol. The Hall–Kier alpha value is -1.60. The fourth-order valence-corrected chi connectivity index (χ4v) is 1.60. The van der Waals surface area contributed by atoms with E-state index in [0.29, 0.717) is 0 Å². The Bertz CT molecular complexity index is 362. The lowest BCUT2D eigenvalue weighted by molar-refractivity contribution is 0.358. The monoisotopic (exact) mass is 213 g/mol. The van der Waals surface area contributed by atoms with Crippen LogP contribution in [0.2, 0.25) is 0 Å². The van der Waals surface area contributed by atoms with Gasteiger partial charge in [0.1, 0.15) is 0 Å². The van der Waals surface area contributed by atoms with E-state index in [0.717, 1.165) is 13.1 Å². The van der Waals surface area contributed by atoms with Gasteiger partial charge in [0, 0.05) is 13.1 Å². The molecule has 0 N–H and O–H groups in total. The minimum Gasteiger partial charge on any atom is -0.298 e. The fraction of sp³-hybridized carbons (Fsp3) is 0.200. The van der Waals surface area contributed by atoms with Gasteiger partial charge in [0.15, 0.2) is 0 Å². The number of hydrogen-bond donors (Lipinski definition) is 0. The quantitative estimate of drug-likeness (QED) is 0.654. The zero-order valence-electron chi connectivity index (χ0n) is 9.89. The first kappa shape index (κ1) is 12.5. The first-order valence-electron chi connectivity index (χ1n) is 5.42. The van der Waals surface area contributed by atoms with Gasteiger partial charge in [-0.3, -0.25) is 4.90 Å². The molecule has 84 valence electrons. The zero-order chi connectivity index (χ0) is 11.8. The average Bonchev–Trinajstić information content (AvgIpc) is 2.29. The van der Waals surface area contributed by atoms with E-state index in [9.17, 15) is 0 Å². The van der Waals surface area contributed by atoms with Gasteiger partial charge in [-0.05, 0) is 18.2 Å². The summed E-state index contributed by atoms with van der Waals surface area (Å²) in [4.78, 5) is 2.26. The van der Waals surface area contributed by atoms with E-state index in [4.69, 9.17) is 0 Å². The van der Waals surface area contributed by atoms with E-state index >= 15 is 0 Å². The van der Waals surface area contributed by atoms with Crippen molar-refractivity contribution in [3.8, 4) is 0 Å². The molecular weight excluding hydrogens is 194 g/mol. The highest BCUT2D eigenvalue weighted by Gasteiger charge is 2.00. The molecule has 0 saturated carbocycles. The largest absolute Gasteiger partial charge is 0.298 e. The number of allylic oxidation sites excluding steroid dienone is 2. The maximum Gasteiger partial charge on any atom is 0.0234 e. The Labute approximate surface area is 98.4 Å². The van der Waals surface area contributed by atoms with Crippen molar-refractivity contribution >= 4 is 0 Å². The smallest absolute Gasteiger partial charge is 0.0234 e.